The van der Waals surface area contributed by atoms with Crippen LogP contribution >= 0.6 is 0 Å². The molecule has 0 N–H and O–H groups in total. The predicted octanol–water partition coefficient (Wildman–Crippen LogP) is 0.164. The number of piperidine rings is 1. The molecule has 1 atom stereocenters. The molecule has 1 radical (unpaired) electrons. The van der Waals surface area contributed by atoms with Gasteiger partial charge in [0.15, 0.2) is 0 Å². The van der Waals surface area contributed by atoms with E-state index in [-0.39, 0.29) is 6.10 Å². The molecule has 1 aliphatic rings. The van der Waals surface area contributed by atoms with E-state index in [4.69, 9.17) is 4.74 Å². The van der Waals surface area contributed by atoms with E-state index in [0.717, 1.165) is 25.9 Å². The Morgan fingerprint density at radius 2 is 2.50 bits per heavy atom. The van der Waals surface area contributed by atoms with Crippen molar-refractivity contribution in [3.8, 4) is 0 Å². The smallest absolute Gasteiger partial charge is 0.417 e. The minimum Gasteiger partial charge on any atom is -0.453 e. The highest BCUT2D eigenvalue weighted by Crippen LogP contribution is 2.09. The number of nitrogens with zero attached hydrogens (tertiary/aromatic N) is 1. The second-order valence-corrected chi connectivity index (χ2v) is 2.73. The van der Waals surface area contributed by atoms with E-state index in [1.54, 1.807) is 0 Å². The zero-order valence-electron chi connectivity index (χ0n) is 6.17. The fourth-order valence-corrected chi connectivity index (χ4v) is 1.28. The summed E-state index contributed by atoms with van der Waals surface area (Å²) in [6.45, 7) is 3.45. The molecule has 57 valence electrons. The number of hydrogen-bond donors (Lipinski definition) is 0. The van der Waals surface area contributed by atoms with Crippen LogP contribution in [-0.4, -0.2) is 37.6 Å². The van der Waals surface area contributed by atoms with Crippen molar-refractivity contribution in [2.75, 3.05) is 20.1 Å². The summed E-state index contributed by atoms with van der Waals surface area (Å²) in [5.41, 5.74) is 0. The molecule has 0 spiro atoms. The summed E-state index contributed by atoms with van der Waals surface area (Å²) in [5, 5.41) is 0. The zero-order valence-corrected chi connectivity index (χ0v) is 6.17. The zero-order chi connectivity index (χ0) is 7.40. The molecule has 1 heterocycles. The van der Waals surface area contributed by atoms with Gasteiger partial charge >= 0.3 is 6.47 Å². The lowest BCUT2D eigenvalue weighted by Gasteiger charge is -2.27. The first kappa shape index (κ1) is 7.54. The summed E-state index contributed by atoms with van der Waals surface area (Å²) in [4.78, 5) is 12.0. The minimum atomic E-state index is 0.0799. The van der Waals surface area contributed by atoms with Crippen molar-refractivity contribution < 1.29 is 9.53 Å². The maximum atomic E-state index is 9.81. The van der Waals surface area contributed by atoms with Crippen LogP contribution in [0.1, 0.15) is 12.8 Å². The number of carbonyl (C=O) groups excluding carboxylic acids is 1. The van der Waals surface area contributed by atoms with E-state index in [1.807, 2.05) is 7.05 Å². The van der Waals surface area contributed by atoms with E-state index < -0.39 is 0 Å². The molecule has 0 saturated carbocycles. The summed E-state index contributed by atoms with van der Waals surface area (Å²) in [6, 6.07) is 0. The lowest BCUT2D eigenvalue weighted by atomic mass is 10.1. The van der Waals surface area contributed by atoms with E-state index in [1.165, 1.54) is 6.47 Å². The second-order valence-electron chi connectivity index (χ2n) is 2.73. The van der Waals surface area contributed by atoms with Crippen LogP contribution in [0, 0.1) is 0 Å². The molecule has 3 heteroatoms. The van der Waals surface area contributed by atoms with Crippen molar-refractivity contribution in [3.05, 3.63) is 0 Å². The van der Waals surface area contributed by atoms with Crippen LogP contribution in [0.2, 0.25) is 0 Å². The lowest BCUT2D eigenvalue weighted by Crippen LogP contribution is -2.36. The van der Waals surface area contributed by atoms with Crippen LogP contribution in [0.3, 0.4) is 0 Å². The van der Waals surface area contributed by atoms with Crippen molar-refractivity contribution in [2.45, 2.75) is 18.9 Å². The van der Waals surface area contributed by atoms with Crippen LogP contribution in [0.4, 0.5) is 0 Å². The Labute approximate surface area is 61.0 Å². The Morgan fingerprint density at radius 3 is 3.10 bits per heavy atom. The summed E-state index contributed by atoms with van der Waals surface area (Å²) in [6.07, 6.45) is 2.18. The van der Waals surface area contributed by atoms with E-state index in [2.05, 4.69) is 4.90 Å². The first-order valence-electron chi connectivity index (χ1n) is 3.54. The molecule has 0 aromatic rings. The average molecular weight is 142 g/mol. The van der Waals surface area contributed by atoms with Gasteiger partial charge in [0.2, 0.25) is 0 Å². The van der Waals surface area contributed by atoms with Gasteiger partial charge in [0.1, 0.15) is 6.10 Å². The Hall–Kier alpha value is -0.570. The molecule has 10 heavy (non-hydrogen) atoms. The summed E-state index contributed by atoms with van der Waals surface area (Å²) in [5.74, 6) is 0. The molecule has 0 aromatic heterocycles. The van der Waals surface area contributed by atoms with Crippen LogP contribution < -0.4 is 0 Å². The van der Waals surface area contributed by atoms with Crippen LogP contribution in [0.25, 0.3) is 0 Å². The first-order valence-corrected chi connectivity index (χ1v) is 3.54. The van der Waals surface area contributed by atoms with Crippen LogP contribution in [0.5, 0.6) is 0 Å². The van der Waals surface area contributed by atoms with Crippen LogP contribution in [-0.2, 0) is 9.53 Å². The lowest BCUT2D eigenvalue weighted by molar-refractivity contribution is 0.0906. The van der Waals surface area contributed by atoms with E-state index in [0.29, 0.717) is 0 Å². The molecule has 1 saturated heterocycles. The van der Waals surface area contributed by atoms with Gasteiger partial charge in [-0.15, -0.1) is 0 Å². The predicted molar refractivity (Wildman–Crippen MR) is 37.3 cm³/mol. The van der Waals surface area contributed by atoms with Crippen molar-refractivity contribution in [1.29, 1.82) is 0 Å². The molecule has 0 bridgehead atoms. The van der Waals surface area contributed by atoms with Crippen molar-refractivity contribution in [1.82, 2.24) is 4.90 Å². The molecule has 1 unspecified atom stereocenters. The maximum absolute atomic E-state index is 9.81. The summed E-state index contributed by atoms with van der Waals surface area (Å²) >= 11 is 0. The standard InChI is InChI=1S/C7H12NO2/c1-8-4-2-3-7(5-8)10-6-9/h7H,2-5H2,1H3. The van der Waals surface area contributed by atoms with E-state index in [9.17, 15) is 4.79 Å². The number of hydrogen-bond acceptors (Lipinski definition) is 3. The van der Waals surface area contributed by atoms with Gasteiger partial charge in [0.25, 0.3) is 0 Å². The normalized spacial score (nSPS) is 27.9. The molecule has 0 aliphatic carbocycles. The summed E-state index contributed by atoms with van der Waals surface area (Å²) < 4.78 is 4.71. The molecule has 1 fully saturated rings. The van der Waals surface area contributed by atoms with Gasteiger partial charge in [0.05, 0.1) is 0 Å². The van der Waals surface area contributed by atoms with Gasteiger partial charge in [-0.2, -0.15) is 0 Å². The van der Waals surface area contributed by atoms with Crippen molar-refractivity contribution >= 4 is 6.47 Å². The Bertz CT molecular complexity index is 116. The Kier molecular flexibility index (Phi) is 2.68. The van der Waals surface area contributed by atoms with Gasteiger partial charge in [0, 0.05) is 6.54 Å². The number of likely N-dealkylation sites (tertiary alicyclic amines) is 1. The summed E-state index contributed by atoms with van der Waals surface area (Å²) in [7, 11) is 2.03. The van der Waals surface area contributed by atoms with Crippen molar-refractivity contribution in [2.24, 2.45) is 0 Å². The van der Waals surface area contributed by atoms with E-state index >= 15 is 0 Å². The third-order valence-electron chi connectivity index (χ3n) is 1.80. The number of likely N-dealkylation sites (N-methyl/N-ethyl adjacent to an activating group) is 1. The monoisotopic (exact) mass is 142 g/mol. The number of rotatable bonds is 2. The first-order chi connectivity index (χ1) is 4.83. The molecule has 1 aliphatic heterocycles. The van der Waals surface area contributed by atoms with Crippen molar-refractivity contribution in [3.63, 3.8) is 0 Å². The SMILES string of the molecule is CN1CCCC(O[C]=O)C1. The highest BCUT2D eigenvalue weighted by atomic mass is 16.5. The fourth-order valence-electron chi connectivity index (χ4n) is 1.28. The van der Waals surface area contributed by atoms with Gasteiger partial charge in [-0.1, -0.05) is 0 Å². The van der Waals surface area contributed by atoms with Crippen LogP contribution in [0.15, 0.2) is 0 Å². The molecule has 3 nitrogen and oxygen atoms in total. The minimum absolute atomic E-state index is 0.0799. The number of ether oxygens (including phenoxy) is 1. The topological polar surface area (TPSA) is 29.5 Å². The maximum Gasteiger partial charge on any atom is 0.417 e. The molecule has 0 amide bonds. The second kappa shape index (κ2) is 3.56. The van der Waals surface area contributed by atoms with Gasteiger partial charge < -0.3 is 9.64 Å². The fraction of sp³-hybridized carbons (Fsp3) is 0.857. The third-order valence-corrected chi connectivity index (χ3v) is 1.80. The average Bonchev–Trinajstić information content (AvgIpc) is 1.88. The Morgan fingerprint density at radius 1 is 1.70 bits per heavy atom. The molecular weight excluding hydrogens is 130 g/mol. The highest BCUT2D eigenvalue weighted by Gasteiger charge is 2.17. The molecular formula is C7H12NO2. The quantitative estimate of drug-likeness (QED) is 0.550. The molecule has 1 rings (SSSR count). The van der Waals surface area contributed by atoms with Gasteiger partial charge in [-0.05, 0) is 26.4 Å². The largest absolute Gasteiger partial charge is 0.453 e. The Balaban J connectivity index is 2.24. The van der Waals surface area contributed by atoms with Gasteiger partial charge in [-0.25, -0.2) is 4.79 Å². The third kappa shape index (κ3) is 1.99. The molecule has 0 aromatic carbocycles. The van der Waals surface area contributed by atoms with Gasteiger partial charge in [-0.3, -0.25) is 0 Å². The highest BCUT2D eigenvalue weighted by molar-refractivity contribution is 5.38.